The summed E-state index contributed by atoms with van der Waals surface area (Å²) in [6.45, 7) is 1.94. The molecular formula is C27H18ClFN2O4S. The Morgan fingerprint density at radius 3 is 2.78 bits per heavy atom. The summed E-state index contributed by atoms with van der Waals surface area (Å²) < 4.78 is 21.5. The van der Waals surface area contributed by atoms with Crippen LogP contribution in [-0.2, 0) is 16.0 Å². The van der Waals surface area contributed by atoms with Gasteiger partial charge in [-0.2, -0.15) is 0 Å². The first-order chi connectivity index (χ1) is 17.3. The van der Waals surface area contributed by atoms with E-state index in [2.05, 4.69) is 4.98 Å². The van der Waals surface area contributed by atoms with Crippen LogP contribution in [0.15, 0.2) is 66.2 Å². The van der Waals surface area contributed by atoms with Crippen molar-refractivity contribution in [2.75, 3.05) is 4.90 Å². The highest BCUT2D eigenvalue weighted by Crippen LogP contribution is 2.45. The Kier molecular flexibility index (Phi) is 5.31. The van der Waals surface area contributed by atoms with E-state index >= 15 is 4.39 Å². The topological polar surface area (TPSA) is 79.7 Å². The fourth-order valence-electron chi connectivity index (χ4n) is 4.74. The number of aliphatic hydroxyl groups is 1. The molecule has 0 radical (unpaired) electrons. The first-order valence-corrected chi connectivity index (χ1v) is 12.4. The minimum absolute atomic E-state index is 0.00562. The summed E-state index contributed by atoms with van der Waals surface area (Å²) in [7, 11) is 0. The van der Waals surface area contributed by atoms with Crippen LogP contribution in [0.1, 0.15) is 29.7 Å². The number of aliphatic hydroxyl groups excluding tert-OH is 1. The molecule has 6 nitrogen and oxygen atoms in total. The number of anilines is 1. The van der Waals surface area contributed by atoms with Crippen molar-refractivity contribution in [1.29, 1.82) is 0 Å². The van der Waals surface area contributed by atoms with Gasteiger partial charge < -0.3 is 9.84 Å². The molecule has 2 atom stereocenters. The molecule has 2 aliphatic rings. The minimum Gasteiger partial charge on any atom is -0.507 e. The lowest BCUT2D eigenvalue weighted by atomic mass is 9.94. The number of carbonyl (C=O) groups excluding carboxylic acids is 2. The molecule has 0 saturated carbocycles. The average Bonchev–Trinajstić information content (AvgIpc) is 3.51. The number of amides is 1. The number of halogens is 2. The standard InChI is InChI=1S/C27H18ClFN2O4S/c1-13-10-15-11-14(6-9-20(15)35-13)24(32)22-23(17-4-2-3-5-18(17)29)31(26(34)25(22)33)27-30-19-8-7-16(28)12-21(19)36-27/h2-9,11-13,23,32H,10H2,1H3/t13-,23-/m0/s1. The van der Waals surface area contributed by atoms with Gasteiger partial charge in [-0.15, -0.1) is 0 Å². The third-order valence-electron chi connectivity index (χ3n) is 6.36. The molecule has 1 fully saturated rings. The quantitative estimate of drug-likeness (QED) is 0.202. The molecule has 0 spiro atoms. The lowest BCUT2D eigenvalue weighted by Crippen LogP contribution is -2.29. The maximum Gasteiger partial charge on any atom is 0.301 e. The molecule has 2 aliphatic heterocycles. The van der Waals surface area contributed by atoms with Gasteiger partial charge in [-0.3, -0.25) is 14.5 Å². The van der Waals surface area contributed by atoms with Gasteiger partial charge in [-0.05, 0) is 55.0 Å². The number of hydrogen-bond donors (Lipinski definition) is 1. The highest BCUT2D eigenvalue weighted by molar-refractivity contribution is 7.22. The van der Waals surface area contributed by atoms with E-state index in [-0.39, 0.29) is 28.1 Å². The first-order valence-electron chi connectivity index (χ1n) is 11.2. The van der Waals surface area contributed by atoms with E-state index in [1.54, 1.807) is 42.5 Å². The van der Waals surface area contributed by atoms with Gasteiger partial charge in [-0.1, -0.05) is 41.1 Å². The number of Topliss-reactive ketones (excluding diaryl/α,β-unsaturated/α-hetero) is 1. The molecule has 1 saturated heterocycles. The summed E-state index contributed by atoms with van der Waals surface area (Å²) in [6, 6.07) is 14.9. The number of aromatic nitrogens is 1. The largest absolute Gasteiger partial charge is 0.507 e. The normalized spacial score (nSPS) is 20.7. The van der Waals surface area contributed by atoms with Crippen LogP contribution in [0.5, 0.6) is 5.75 Å². The van der Waals surface area contributed by atoms with Crippen molar-refractivity contribution >= 4 is 55.7 Å². The lowest BCUT2D eigenvalue weighted by Gasteiger charge is -2.23. The van der Waals surface area contributed by atoms with E-state index in [9.17, 15) is 14.7 Å². The monoisotopic (exact) mass is 520 g/mol. The average molecular weight is 521 g/mol. The molecule has 0 unspecified atom stereocenters. The summed E-state index contributed by atoms with van der Waals surface area (Å²) in [4.78, 5) is 32.4. The van der Waals surface area contributed by atoms with Crippen molar-refractivity contribution in [3.63, 3.8) is 0 Å². The molecule has 9 heteroatoms. The van der Waals surface area contributed by atoms with Gasteiger partial charge in [0.05, 0.1) is 15.8 Å². The van der Waals surface area contributed by atoms with Crippen LogP contribution >= 0.6 is 22.9 Å². The van der Waals surface area contributed by atoms with E-state index in [0.29, 0.717) is 33.0 Å². The summed E-state index contributed by atoms with van der Waals surface area (Å²) >= 11 is 7.27. The fourth-order valence-corrected chi connectivity index (χ4v) is 6.00. The Hall–Kier alpha value is -3.75. The zero-order chi connectivity index (χ0) is 25.1. The molecule has 0 bridgehead atoms. The van der Waals surface area contributed by atoms with Gasteiger partial charge in [-0.25, -0.2) is 9.37 Å². The molecule has 3 heterocycles. The van der Waals surface area contributed by atoms with Crippen LogP contribution in [0.2, 0.25) is 5.02 Å². The van der Waals surface area contributed by atoms with Gasteiger partial charge in [0, 0.05) is 22.6 Å². The third-order valence-corrected chi connectivity index (χ3v) is 7.61. The van der Waals surface area contributed by atoms with Gasteiger partial charge in [0.2, 0.25) is 0 Å². The second kappa shape index (κ2) is 8.43. The van der Waals surface area contributed by atoms with Gasteiger partial charge in [0.25, 0.3) is 5.78 Å². The fraction of sp³-hybridized carbons (Fsp3) is 0.148. The molecular weight excluding hydrogens is 503 g/mol. The van der Waals surface area contributed by atoms with E-state index < -0.39 is 23.5 Å². The molecule has 3 aromatic carbocycles. The SMILES string of the molecule is C[C@H]1Cc2cc(C(O)=C3C(=O)C(=O)N(c4nc5ccc(Cl)cc5s4)[C@H]3c3ccccc3F)ccc2O1. The Labute approximate surface area is 214 Å². The maximum absolute atomic E-state index is 15.1. The minimum atomic E-state index is -1.20. The maximum atomic E-state index is 15.1. The summed E-state index contributed by atoms with van der Waals surface area (Å²) in [6.07, 6.45) is 0.643. The molecule has 1 N–H and O–H groups in total. The van der Waals surface area contributed by atoms with Crippen molar-refractivity contribution in [3.8, 4) is 5.75 Å². The van der Waals surface area contributed by atoms with Crippen molar-refractivity contribution in [2.45, 2.75) is 25.5 Å². The molecule has 0 aliphatic carbocycles. The zero-order valence-corrected chi connectivity index (χ0v) is 20.4. The predicted molar refractivity (Wildman–Crippen MR) is 136 cm³/mol. The molecule has 6 rings (SSSR count). The van der Waals surface area contributed by atoms with E-state index in [1.165, 1.54) is 18.2 Å². The Bertz CT molecular complexity index is 1610. The van der Waals surface area contributed by atoms with Gasteiger partial charge in [0.1, 0.15) is 29.5 Å². The second-order valence-electron chi connectivity index (χ2n) is 8.75. The van der Waals surface area contributed by atoms with Crippen molar-refractivity contribution in [1.82, 2.24) is 4.98 Å². The molecule has 4 aromatic rings. The molecule has 36 heavy (non-hydrogen) atoms. The number of carbonyl (C=O) groups is 2. The Morgan fingerprint density at radius 1 is 1.17 bits per heavy atom. The Morgan fingerprint density at radius 2 is 1.97 bits per heavy atom. The van der Waals surface area contributed by atoms with Crippen molar-refractivity contribution in [2.24, 2.45) is 0 Å². The summed E-state index contributed by atoms with van der Waals surface area (Å²) in [5.74, 6) is -2.09. The zero-order valence-electron chi connectivity index (χ0n) is 18.9. The number of rotatable bonds is 3. The van der Waals surface area contributed by atoms with Gasteiger partial charge >= 0.3 is 5.91 Å². The number of hydrogen-bond acceptors (Lipinski definition) is 6. The lowest BCUT2D eigenvalue weighted by molar-refractivity contribution is -0.132. The summed E-state index contributed by atoms with van der Waals surface area (Å²) in [5.41, 5.74) is 1.69. The van der Waals surface area contributed by atoms with Crippen LogP contribution in [0.4, 0.5) is 9.52 Å². The number of ketones is 1. The van der Waals surface area contributed by atoms with E-state index in [0.717, 1.165) is 21.8 Å². The first kappa shape index (κ1) is 22.7. The number of thiazole rings is 1. The molecule has 180 valence electrons. The van der Waals surface area contributed by atoms with E-state index in [1.807, 2.05) is 6.92 Å². The summed E-state index contributed by atoms with van der Waals surface area (Å²) in [5, 5.41) is 12.1. The smallest absolute Gasteiger partial charge is 0.301 e. The highest BCUT2D eigenvalue weighted by atomic mass is 35.5. The third kappa shape index (κ3) is 3.56. The number of ether oxygens (including phenoxy) is 1. The van der Waals surface area contributed by atoms with Crippen LogP contribution in [0, 0.1) is 5.82 Å². The number of fused-ring (bicyclic) bond motifs is 2. The second-order valence-corrected chi connectivity index (χ2v) is 10.2. The van der Waals surface area contributed by atoms with Crippen LogP contribution in [-0.4, -0.2) is 27.9 Å². The number of benzene rings is 3. The van der Waals surface area contributed by atoms with Crippen LogP contribution < -0.4 is 9.64 Å². The van der Waals surface area contributed by atoms with E-state index in [4.69, 9.17) is 16.3 Å². The van der Waals surface area contributed by atoms with Crippen LogP contribution in [0.25, 0.3) is 16.0 Å². The molecule has 1 aromatic heterocycles. The van der Waals surface area contributed by atoms with Crippen LogP contribution in [0.3, 0.4) is 0 Å². The molecule has 1 amide bonds. The van der Waals surface area contributed by atoms with Crippen molar-refractivity contribution < 1.29 is 23.8 Å². The predicted octanol–water partition coefficient (Wildman–Crippen LogP) is 6.04. The van der Waals surface area contributed by atoms with Crippen molar-refractivity contribution in [3.05, 3.63) is 93.8 Å². The van der Waals surface area contributed by atoms with Gasteiger partial charge in [0.15, 0.2) is 5.13 Å². The highest BCUT2D eigenvalue weighted by Gasteiger charge is 2.49. The Balaban J connectivity index is 1.55. The number of nitrogens with zero attached hydrogens (tertiary/aromatic N) is 2.